The number of amides is 2. The number of carbonyl (C=O) groups is 2. The number of hydrogen-bond acceptors (Lipinski definition) is 3. The highest BCUT2D eigenvalue weighted by atomic mass is 16.3. The van der Waals surface area contributed by atoms with Crippen molar-refractivity contribution in [1.82, 2.24) is 9.80 Å². The summed E-state index contributed by atoms with van der Waals surface area (Å²) in [5, 5.41) is 0. The van der Waals surface area contributed by atoms with Crippen LogP contribution in [0.1, 0.15) is 50.7 Å². The second kappa shape index (κ2) is 10.7. The average Bonchev–Trinajstić information content (AvgIpc) is 3.06. The fourth-order valence-corrected chi connectivity index (χ4v) is 3.10. The van der Waals surface area contributed by atoms with Gasteiger partial charge in [0.05, 0.1) is 13.1 Å². The van der Waals surface area contributed by atoms with Gasteiger partial charge in [0, 0.05) is 19.5 Å². The van der Waals surface area contributed by atoms with Gasteiger partial charge in [-0.1, -0.05) is 51.1 Å². The smallest absolute Gasteiger partial charge is 0.242 e. The molecule has 0 N–H and O–H groups in total. The molecule has 0 atom stereocenters. The van der Waals surface area contributed by atoms with Crippen LogP contribution in [0.2, 0.25) is 0 Å². The van der Waals surface area contributed by atoms with Crippen LogP contribution in [0.5, 0.6) is 0 Å². The van der Waals surface area contributed by atoms with Gasteiger partial charge in [-0.25, -0.2) is 0 Å². The van der Waals surface area contributed by atoms with Crippen LogP contribution in [0, 0.1) is 12.8 Å². The Hall–Kier alpha value is -2.56. The summed E-state index contributed by atoms with van der Waals surface area (Å²) >= 11 is 0. The molecule has 1 aromatic carbocycles. The number of hydrogen-bond donors (Lipinski definition) is 0. The van der Waals surface area contributed by atoms with E-state index in [1.54, 1.807) is 9.80 Å². The van der Waals surface area contributed by atoms with Gasteiger partial charge in [0.1, 0.15) is 11.5 Å². The predicted molar refractivity (Wildman–Crippen MR) is 110 cm³/mol. The second-order valence-electron chi connectivity index (χ2n) is 7.66. The Balaban J connectivity index is 2.14. The van der Waals surface area contributed by atoms with E-state index >= 15 is 0 Å². The summed E-state index contributed by atoms with van der Waals surface area (Å²) in [4.78, 5) is 29.1. The van der Waals surface area contributed by atoms with Crippen LogP contribution in [-0.2, 0) is 22.7 Å². The van der Waals surface area contributed by atoms with Crippen molar-refractivity contribution in [3.63, 3.8) is 0 Å². The molecule has 2 amide bonds. The number of furan rings is 1. The maximum absolute atomic E-state index is 13.1. The largest absolute Gasteiger partial charge is 0.464 e. The van der Waals surface area contributed by atoms with Gasteiger partial charge in [-0.3, -0.25) is 9.59 Å². The fourth-order valence-electron chi connectivity index (χ4n) is 3.10. The predicted octanol–water partition coefficient (Wildman–Crippen LogP) is 4.40. The lowest BCUT2D eigenvalue weighted by molar-refractivity contribution is -0.141. The molecule has 0 aliphatic carbocycles. The first kappa shape index (κ1) is 21.7. The molecular formula is C23H32N2O3. The summed E-state index contributed by atoms with van der Waals surface area (Å²) in [5.41, 5.74) is 1.05. The van der Waals surface area contributed by atoms with Crippen LogP contribution < -0.4 is 0 Å². The molecular weight excluding hydrogens is 352 g/mol. The summed E-state index contributed by atoms with van der Waals surface area (Å²) in [7, 11) is 0. The lowest BCUT2D eigenvalue weighted by Crippen LogP contribution is -2.43. The van der Waals surface area contributed by atoms with E-state index in [4.69, 9.17) is 4.42 Å². The van der Waals surface area contributed by atoms with Gasteiger partial charge in [-0.05, 0) is 37.0 Å². The van der Waals surface area contributed by atoms with E-state index in [9.17, 15) is 9.59 Å². The molecule has 5 heteroatoms. The van der Waals surface area contributed by atoms with Gasteiger partial charge in [0.15, 0.2) is 0 Å². The van der Waals surface area contributed by atoms with Crippen molar-refractivity contribution < 1.29 is 14.0 Å². The van der Waals surface area contributed by atoms with E-state index in [2.05, 4.69) is 0 Å². The quantitative estimate of drug-likeness (QED) is 0.610. The molecule has 0 radical (unpaired) electrons. The fraction of sp³-hybridized carbons (Fsp3) is 0.478. The molecule has 0 aliphatic heterocycles. The summed E-state index contributed by atoms with van der Waals surface area (Å²) in [6, 6.07) is 13.7. The Morgan fingerprint density at radius 3 is 2.25 bits per heavy atom. The summed E-state index contributed by atoms with van der Waals surface area (Å²) < 4.78 is 5.68. The lowest BCUT2D eigenvalue weighted by atomic mass is 10.1. The molecule has 0 saturated carbocycles. The molecule has 152 valence electrons. The van der Waals surface area contributed by atoms with Crippen LogP contribution >= 0.6 is 0 Å². The molecule has 1 aromatic heterocycles. The van der Waals surface area contributed by atoms with Crippen LogP contribution in [0.3, 0.4) is 0 Å². The summed E-state index contributed by atoms with van der Waals surface area (Å²) in [6.45, 7) is 9.52. The van der Waals surface area contributed by atoms with Gasteiger partial charge < -0.3 is 14.2 Å². The molecule has 1 heterocycles. The SMILES string of the molecule is CCCN(CC(=O)N(Cc1ccccc1)Cc1ccc(C)o1)C(=O)CC(C)C. The van der Waals surface area contributed by atoms with Gasteiger partial charge in [-0.15, -0.1) is 0 Å². The average molecular weight is 385 g/mol. The van der Waals surface area contributed by atoms with Crippen molar-refractivity contribution in [2.45, 2.75) is 53.6 Å². The number of benzene rings is 1. The highest BCUT2D eigenvalue weighted by molar-refractivity contribution is 5.85. The van der Waals surface area contributed by atoms with E-state index < -0.39 is 0 Å². The Morgan fingerprint density at radius 2 is 1.68 bits per heavy atom. The number of nitrogens with zero attached hydrogens (tertiary/aromatic N) is 2. The standard InChI is InChI=1S/C23H32N2O3/c1-5-13-24(22(26)14-18(2)3)17-23(27)25(15-20-9-7-6-8-10-20)16-21-12-11-19(4)28-21/h6-12,18H,5,13-17H2,1-4H3. The lowest BCUT2D eigenvalue weighted by Gasteiger charge is -2.27. The third kappa shape index (κ3) is 6.87. The van der Waals surface area contributed by atoms with Crippen LogP contribution in [0.25, 0.3) is 0 Å². The van der Waals surface area contributed by atoms with Crippen molar-refractivity contribution in [2.24, 2.45) is 5.92 Å². The third-order valence-corrected chi connectivity index (χ3v) is 4.47. The van der Waals surface area contributed by atoms with Crippen molar-refractivity contribution in [1.29, 1.82) is 0 Å². The minimum Gasteiger partial charge on any atom is -0.464 e. The number of carbonyl (C=O) groups excluding carboxylic acids is 2. The van der Waals surface area contributed by atoms with Crippen LogP contribution in [-0.4, -0.2) is 34.7 Å². The van der Waals surface area contributed by atoms with Crippen molar-refractivity contribution in [3.05, 3.63) is 59.5 Å². The molecule has 0 unspecified atom stereocenters. The topological polar surface area (TPSA) is 53.8 Å². The molecule has 2 rings (SSSR count). The van der Waals surface area contributed by atoms with Crippen LogP contribution in [0.4, 0.5) is 0 Å². The van der Waals surface area contributed by atoms with E-state index in [1.165, 1.54) is 0 Å². The van der Waals surface area contributed by atoms with Crippen molar-refractivity contribution in [2.75, 3.05) is 13.1 Å². The first-order valence-corrected chi connectivity index (χ1v) is 10.0. The maximum atomic E-state index is 13.1. The normalized spacial score (nSPS) is 10.9. The Morgan fingerprint density at radius 1 is 0.964 bits per heavy atom. The van der Waals surface area contributed by atoms with Crippen molar-refractivity contribution >= 4 is 11.8 Å². The third-order valence-electron chi connectivity index (χ3n) is 4.47. The molecule has 0 saturated heterocycles. The van der Waals surface area contributed by atoms with Gasteiger partial charge in [0.2, 0.25) is 11.8 Å². The molecule has 2 aromatic rings. The summed E-state index contributed by atoms with van der Waals surface area (Å²) in [5.74, 6) is 1.81. The Kier molecular flexibility index (Phi) is 8.30. The second-order valence-corrected chi connectivity index (χ2v) is 7.66. The van der Waals surface area contributed by atoms with E-state index in [1.807, 2.05) is 70.2 Å². The zero-order chi connectivity index (χ0) is 20.5. The number of rotatable bonds is 10. The molecule has 0 bridgehead atoms. The van der Waals surface area contributed by atoms with Gasteiger partial charge in [-0.2, -0.15) is 0 Å². The molecule has 0 fully saturated rings. The highest BCUT2D eigenvalue weighted by Gasteiger charge is 2.22. The molecule has 5 nitrogen and oxygen atoms in total. The highest BCUT2D eigenvalue weighted by Crippen LogP contribution is 2.14. The van der Waals surface area contributed by atoms with Gasteiger partial charge >= 0.3 is 0 Å². The monoisotopic (exact) mass is 384 g/mol. The van der Waals surface area contributed by atoms with E-state index in [0.717, 1.165) is 23.5 Å². The molecule has 28 heavy (non-hydrogen) atoms. The molecule has 0 aliphatic rings. The Bertz CT molecular complexity index is 752. The first-order valence-electron chi connectivity index (χ1n) is 10.0. The van der Waals surface area contributed by atoms with E-state index in [0.29, 0.717) is 26.1 Å². The van der Waals surface area contributed by atoms with E-state index in [-0.39, 0.29) is 24.3 Å². The maximum Gasteiger partial charge on any atom is 0.242 e. The zero-order valence-corrected chi connectivity index (χ0v) is 17.5. The first-order chi connectivity index (χ1) is 13.4. The van der Waals surface area contributed by atoms with Crippen molar-refractivity contribution in [3.8, 4) is 0 Å². The zero-order valence-electron chi connectivity index (χ0n) is 17.5. The number of aryl methyl sites for hydroxylation is 1. The minimum absolute atomic E-state index is 0.0405. The summed E-state index contributed by atoms with van der Waals surface area (Å²) in [6.07, 6.45) is 1.29. The Labute approximate surface area is 168 Å². The van der Waals surface area contributed by atoms with Crippen LogP contribution in [0.15, 0.2) is 46.9 Å². The van der Waals surface area contributed by atoms with Gasteiger partial charge in [0.25, 0.3) is 0 Å². The molecule has 0 spiro atoms. The minimum atomic E-state index is -0.0662.